The Bertz CT molecular complexity index is 786. The summed E-state index contributed by atoms with van der Waals surface area (Å²) in [5, 5.41) is 0. The number of nitrogens with one attached hydrogen (secondary N) is 1. The molecule has 1 fully saturated rings. The van der Waals surface area contributed by atoms with E-state index in [-0.39, 0.29) is 11.0 Å². The highest BCUT2D eigenvalue weighted by Crippen LogP contribution is 2.28. The van der Waals surface area contributed by atoms with Gasteiger partial charge in [0.1, 0.15) is 23.4 Å². The molecule has 0 aliphatic carbocycles. The zero-order chi connectivity index (χ0) is 17.0. The molecule has 0 bridgehead atoms. The van der Waals surface area contributed by atoms with E-state index in [0.717, 1.165) is 18.4 Å². The van der Waals surface area contributed by atoms with Crippen LogP contribution >= 0.6 is 0 Å². The second-order valence-electron chi connectivity index (χ2n) is 5.77. The van der Waals surface area contributed by atoms with Crippen LogP contribution in [0.4, 0.5) is 5.69 Å². The number of hydrogen-bond donors (Lipinski definition) is 1. The van der Waals surface area contributed by atoms with Crippen LogP contribution < -0.4 is 9.46 Å². The van der Waals surface area contributed by atoms with E-state index in [1.54, 1.807) is 30.3 Å². The lowest BCUT2D eigenvalue weighted by molar-refractivity contribution is 0.258. The first-order chi connectivity index (χ1) is 11.6. The van der Waals surface area contributed by atoms with Crippen molar-refractivity contribution in [2.24, 2.45) is 0 Å². The number of benzene rings is 2. The summed E-state index contributed by atoms with van der Waals surface area (Å²) in [5.74, 6) is 0.375. The highest BCUT2D eigenvalue weighted by Gasteiger charge is 2.26. The summed E-state index contributed by atoms with van der Waals surface area (Å²) < 4.78 is 38.9. The Morgan fingerprint density at radius 2 is 1.96 bits per heavy atom. The second kappa shape index (κ2) is 7.23. The van der Waals surface area contributed by atoms with Gasteiger partial charge in [-0.1, -0.05) is 37.6 Å². The predicted molar refractivity (Wildman–Crippen MR) is 92.9 cm³/mol. The molecule has 0 saturated carbocycles. The van der Waals surface area contributed by atoms with Gasteiger partial charge < -0.3 is 9.47 Å². The zero-order valence-corrected chi connectivity index (χ0v) is 14.4. The summed E-state index contributed by atoms with van der Waals surface area (Å²) >= 11 is 0. The maximum atomic E-state index is 12.7. The van der Waals surface area contributed by atoms with Crippen LogP contribution in [0.2, 0.25) is 0 Å². The molecule has 0 amide bonds. The Balaban J connectivity index is 1.88. The van der Waals surface area contributed by atoms with Crippen LogP contribution in [-0.2, 0) is 21.2 Å². The summed E-state index contributed by atoms with van der Waals surface area (Å²) in [6.45, 7) is 3.11. The van der Waals surface area contributed by atoms with Crippen molar-refractivity contribution in [1.29, 1.82) is 0 Å². The fourth-order valence-corrected chi connectivity index (χ4v) is 3.58. The van der Waals surface area contributed by atoms with Crippen molar-refractivity contribution in [3.05, 3.63) is 54.1 Å². The quantitative estimate of drug-likeness (QED) is 0.745. The molecule has 1 atom stereocenters. The van der Waals surface area contributed by atoms with E-state index in [0.29, 0.717) is 24.7 Å². The molecule has 0 spiro atoms. The molecule has 1 N–H and O–H groups in total. The molecule has 128 valence electrons. The van der Waals surface area contributed by atoms with Crippen LogP contribution in [0.5, 0.6) is 5.75 Å². The van der Waals surface area contributed by atoms with Gasteiger partial charge in [-0.15, -0.1) is 0 Å². The number of para-hydroxylation sites is 1. The highest BCUT2D eigenvalue weighted by molar-refractivity contribution is 7.92. The lowest BCUT2D eigenvalue weighted by Crippen LogP contribution is -2.15. The number of sulfonamides is 1. The van der Waals surface area contributed by atoms with Gasteiger partial charge in [0, 0.05) is 5.69 Å². The number of rotatable bonds is 8. The standard InChI is InChI=1S/C18H21NO4S/c1-2-6-14-9-10-18(17(11-14)23-13-16-12-22-16)24(20,21)19-15-7-4-3-5-8-15/h3-5,7-11,16,19H,2,6,12-13H2,1H3. The summed E-state index contributed by atoms with van der Waals surface area (Å²) in [5.41, 5.74) is 1.58. The molecular weight excluding hydrogens is 326 g/mol. The van der Waals surface area contributed by atoms with Gasteiger partial charge in [0.05, 0.1) is 6.61 Å². The van der Waals surface area contributed by atoms with Gasteiger partial charge in [-0.3, -0.25) is 4.72 Å². The summed E-state index contributed by atoms with van der Waals surface area (Å²) in [4.78, 5) is 0.145. The molecule has 1 unspecified atom stereocenters. The van der Waals surface area contributed by atoms with Gasteiger partial charge >= 0.3 is 0 Å². The molecule has 24 heavy (non-hydrogen) atoms. The van der Waals surface area contributed by atoms with E-state index in [2.05, 4.69) is 11.6 Å². The van der Waals surface area contributed by atoms with Crippen molar-refractivity contribution in [2.45, 2.75) is 30.8 Å². The first-order valence-corrected chi connectivity index (χ1v) is 9.52. The molecule has 1 saturated heterocycles. The van der Waals surface area contributed by atoms with Crippen LogP contribution in [0.1, 0.15) is 18.9 Å². The summed E-state index contributed by atoms with van der Waals surface area (Å²) in [6, 6.07) is 14.1. The minimum atomic E-state index is -3.72. The fourth-order valence-electron chi connectivity index (χ4n) is 2.39. The first kappa shape index (κ1) is 16.8. The molecule has 2 aromatic carbocycles. The topological polar surface area (TPSA) is 67.9 Å². The van der Waals surface area contributed by atoms with Gasteiger partial charge in [-0.05, 0) is 36.2 Å². The van der Waals surface area contributed by atoms with Crippen LogP contribution in [0.25, 0.3) is 0 Å². The maximum Gasteiger partial charge on any atom is 0.265 e. The predicted octanol–water partition coefficient (Wildman–Crippen LogP) is 3.22. The molecule has 5 nitrogen and oxygen atoms in total. The number of aryl methyl sites for hydroxylation is 1. The van der Waals surface area contributed by atoms with E-state index < -0.39 is 10.0 Å². The third-order valence-corrected chi connectivity index (χ3v) is 5.11. The zero-order valence-electron chi connectivity index (χ0n) is 13.6. The lowest BCUT2D eigenvalue weighted by Gasteiger charge is -2.14. The Kier molecular flexibility index (Phi) is 5.06. The highest BCUT2D eigenvalue weighted by atomic mass is 32.2. The Labute approximate surface area is 142 Å². The third-order valence-electron chi connectivity index (χ3n) is 3.69. The average molecular weight is 347 g/mol. The second-order valence-corrected chi connectivity index (χ2v) is 7.42. The molecule has 1 aliphatic rings. The normalized spacial score (nSPS) is 16.6. The Morgan fingerprint density at radius 1 is 1.21 bits per heavy atom. The van der Waals surface area contributed by atoms with Crippen molar-refractivity contribution < 1.29 is 17.9 Å². The van der Waals surface area contributed by atoms with Crippen molar-refractivity contribution >= 4 is 15.7 Å². The largest absolute Gasteiger partial charge is 0.489 e. The van der Waals surface area contributed by atoms with E-state index in [4.69, 9.17) is 9.47 Å². The number of anilines is 1. The summed E-state index contributed by atoms with van der Waals surface area (Å²) in [7, 11) is -3.72. The van der Waals surface area contributed by atoms with E-state index >= 15 is 0 Å². The minimum absolute atomic E-state index is 0.0671. The molecule has 0 radical (unpaired) electrons. The average Bonchev–Trinajstić information content (AvgIpc) is 3.38. The molecule has 1 aliphatic heterocycles. The van der Waals surface area contributed by atoms with Crippen LogP contribution in [0.15, 0.2) is 53.4 Å². The third kappa shape index (κ3) is 4.27. The van der Waals surface area contributed by atoms with Crippen molar-refractivity contribution in [3.63, 3.8) is 0 Å². The minimum Gasteiger partial charge on any atom is -0.489 e. The van der Waals surface area contributed by atoms with Crippen molar-refractivity contribution in [1.82, 2.24) is 0 Å². The van der Waals surface area contributed by atoms with Gasteiger partial charge in [0.2, 0.25) is 0 Å². The first-order valence-electron chi connectivity index (χ1n) is 8.03. The molecule has 0 aromatic heterocycles. The molecule has 2 aromatic rings. The van der Waals surface area contributed by atoms with Gasteiger partial charge in [-0.2, -0.15) is 0 Å². The monoisotopic (exact) mass is 347 g/mol. The Hall–Kier alpha value is -2.05. The SMILES string of the molecule is CCCc1ccc(S(=O)(=O)Nc2ccccc2)c(OCC2CO2)c1. The van der Waals surface area contributed by atoms with Gasteiger partial charge in [0.25, 0.3) is 10.0 Å². The lowest BCUT2D eigenvalue weighted by atomic mass is 10.1. The fraction of sp³-hybridized carbons (Fsp3) is 0.333. The number of hydrogen-bond acceptors (Lipinski definition) is 4. The van der Waals surface area contributed by atoms with E-state index in [9.17, 15) is 8.42 Å². The van der Waals surface area contributed by atoms with Gasteiger partial charge in [-0.25, -0.2) is 8.42 Å². The molecule has 3 rings (SSSR count). The molecule has 1 heterocycles. The van der Waals surface area contributed by atoms with Crippen molar-refractivity contribution in [2.75, 3.05) is 17.9 Å². The van der Waals surface area contributed by atoms with Crippen LogP contribution in [-0.4, -0.2) is 27.7 Å². The maximum absolute atomic E-state index is 12.7. The number of ether oxygens (including phenoxy) is 2. The van der Waals surface area contributed by atoms with Crippen molar-refractivity contribution in [3.8, 4) is 5.75 Å². The molecular formula is C18H21NO4S. The summed E-state index contributed by atoms with van der Waals surface area (Å²) in [6.07, 6.45) is 1.93. The Morgan fingerprint density at radius 3 is 2.62 bits per heavy atom. The van der Waals surface area contributed by atoms with Gasteiger partial charge in [0.15, 0.2) is 0 Å². The van der Waals surface area contributed by atoms with E-state index in [1.807, 2.05) is 18.2 Å². The van der Waals surface area contributed by atoms with Crippen LogP contribution in [0, 0.1) is 0 Å². The molecule has 6 heteroatoms. The van der Waals surface area contributed by atoms with E-state index in [1.165, 1.54) is 0 Å². The number of epoxide rings is 1. The van der Waals surface area contributed by atoms with Crippen LogP contribution in [0.3, 0.4) is 0 Å². The smallest absolute Gasteiger partial charge is 0.265 e.